The van der Waals surface area contributed by atoms with Crippen LogP contribution >= 0.6 is 0 Å². The lowest BCUT2D eigenvalue weighted by atomic mass is 9.68. The number of halogens is 1. The van der Waals surface area contributed by atoms with Gasteiger partial charge in [-0.25, -0.2) is 4.39 Å². The van der Waals surface area contributed by atoms with E-state index in [0.717, 1.165) is 12.0 Å². The van der Waals surface area contributed by atoms with E-state index in [-0.39, 0.29) is 18.3 Å². The van der Waals surface area contributed by atoms with E-state index in [1.54, 1.807) is 12.1 Å². The van der Waals surface area contributed by atoms with Gasteiger partial charge in [0, 0.05) is 6.54 Å². The lowest BCUT2D eigenvalue weighted by molar-refractivity contribution is -0.165. The predicted octanol–water partition coefficient (Wildman–Crippen LogP) is 1.79. The molecule has 0 bridgehead atoms. The molecule has 102 valence electrons. The molecule has 0 saturated heterocycles. The summed E-state index contributed by atoms with van der Waals surface area (Å²) in [6, 6.07) is 5.87. The number of nitrogens with one attached hydrogen (secondary N) is 1. The van der Waals surface area contributed by atoms with Crippen molar-refractivity contribution in [2.45, 2.75) is 25.8 Å². The second-order valence-corrected chi connectivity index (χ2v) is 4.74. The number of carbonyl (C=O) groups excluding carboxylic acids is 2. The van der Waals surface area contributed by atoms with Crippen LogP contribution in [0.5, 0.6) is 0 Å². The summed E-state index contributed by atoms with van der Waals surface area (Å²) in [5.41, 5.74) is -0.233. The van der Waals surface area contributed by atoms with E-state index in [2.05, 4.69) is 5.32 Å². The van der Waals surface area contributed by atoms with Gasteiger partial charge in [0.25, 0.3) is 0 Å². The molecular formula is C14H16FNO3. The van der Waals surface area contributed by atoms with E-state index >= 15 is 0 Å². The molecule has 5 heteroatoms. The minimum absolute atomic E-state index is 0.276. The van der Waals surface area contributed by atoms with Gasteiger partial charge in [-0.2, -0.15) is 0 Å². The van der Waals surface area contributed by atoms with Crippen LogP contribution in [-0.2, 0) is 20.9 Å². The summed E-state index contributed by atoms with van der Waals surface area (Å²) in [5, 5.41) is 2.71. The molecular weight excluding hydrogens is 249 g/mol. The van der Waals surface area contributed by atoms with Crippen LogP contribution in [0.2, 0.25) is 0 Å². The molecule has 1 N–H and O–H groups in total. The number of amides is 1. The van der Waals surface area contributed by atoms with Crippen LogP contribution in [0.4, 0.5) is 4.39 Å². The molecule has 1 aromatic carbocycles. The van der Waals surface area contributed by atoms with Crippen molar-refractivity contribution in [1.29, 1.82) is 0 Å². The van der Waals surface area contributed by atoms with Gasteiger partial charge in [0.15, 0.2) is 0 Å². The van der Waals surface area contributed by atoms with Crippen molar-refractivity contribution in [3.8, 4) is 0 Å². The Morgan fingerprint density at radius 3 is 2.42 bits per heavy atom. The monoisotopic (exact) mass is 265 g/mol. The van der Waals surface area contributed by atoms with Crippen molar-refractivity contribution in [1.82, 2.24) is 5.32 Å². The topological polar surface area (TPSA) is 55.4 Å². The van der Waals surface area contributed by atoms with E-state index in [4.69, 9.17) is 4.74 Å². The third-order valence-corrected chi connectivity index (χ3v) is 3.58. The Hall–Kier alpha value is -1.91. The van der Waals surface area contributed by atoms with Crippen molar-refractivity contribution < 1.29 is 18.7 Å². The van der Waals surface area contributed by atoms with Gasteiger partial charge in [-0.3, -0.25) is 9.59 Å². The minimum Gasteiger partial charge on any atom is -0.468 e. The molecule has 1 fully saturated rings. The molecule has 4 nitrogen and oxygen atoms in total. The molecule has 0 heterocycles. The summed E-state index contributed by atoms with van der Waals surface area (Å²) in [5.74, 6) is -1.11. The number of hydrogen-bond donors (Lipinski definition) is 1. The van der Waals surface area contributed by atoms with Crippen LogP contribution in [0, 0.1) is 11.2 Å². The summed E-state index contributed by atoms with van der Waals surface area (Å²) in [7, 11) is 1.29. The molecule has 1 saturated carbocycles. The van der Waals surface area contributed by atoms with Gasteiger partial charge in [0.2, 0.25) is 5.91 Å². The van der Waals surface area contributed by atoms with Gasteiger partial charge in [0.05, 0.1) is 7.11 Å². The van der Waals surface area contributed by atoms with E-state index in [9.17, 15) is 14.0 Å². The molecule has 0 aromatic heterocycles. The van der Waals surface area contributed by atoms with Crippen molar-refractivity contribution in [2.24, 2.45) is 5.41 Å². The molecule has 1 amide bonds. The zero-order valence-corrected chi connectivity index (χ0v) is 10.7. The maximum Gasteiger partial charge on any atom is 0.321 e. The van der Waals surface area contributed by atoms with Crippen molar-refractivity contribution >= 4 is 11.9 Å². The van der Waals surface area contributed by atoms with E-state index in [1.807, 2.05) is 0 Å². The van der Waals surface area contributed by atoms with Crippen LogP contribution < -0.4 is 5.32 Å². The second kappa shape index (κ2) is 5.38. The Kier molecular flexibility index (Phi) is 3.83. The fourth-order valence-electron chi connectivity index (χ4n) is 2.20. The first-order valence-corrected chi connectivity index (χ1v) is 6.20. The Labute approximate surface area is 110 Å². The zero-order valence-electron chi connectivity index (χ0n) is 10.7. The molecule has 0 aliphatic heterocycles. The lowest BCUT2D eigenvalue weighted by Gasteiger charge is -2.37. The SMILES string of the molecule is COC(=O)C1(C(=O)NCc2ccc(F)cc2)CCC1. The third-order valence-electron chi connectivity index (χ3n) is 3.58. The highest BCUT2D eigenvalue weighted by Crippen LogP contribution is 2.42. The van der Waals surface area contributed by atoms with Crippen molar-refractivity contribution in [2.75, 3.05) is 7.11 Å². The number of carbonyl (C=O) groups is 2. The number of hydrogen-bond acceptors (Lipinski definition) is 3. The summed E-state index contributed by atoms with van der Waals surface area (Å²) in [6.07, 6.45) is 1.89. The van der Waals surface area contributed by atoms with Crippen molar-refractivity contribution in [3.05, 3.63) is 35.6 Å². The number of ether oxygens (including phenoxy) is 1. The van der Waals surface area contributed by atoms with Crippen LogP contribution in [0.1, 0.15) is 24.8 Å². The van der Waals surface area contributed by atoms with Crippen LogP contribution in [-0.4, -0.2) is 19.0 Å². The highest BCUT2D eigenvalue weighted by atomic mass is 19.1. The smallest absolute Gasteiger partial charge is 0.321 e. The Balaban J connectivity index is 1.97. The van der Waals surface area contributed by atoms with Gasteiger partial charge < -0.3 is 10.1 Å². The first-order chi connectivity index (χ1) is 9.08. The summed E-state index contributed by atoms with van der Waals surface area (Å²) >= 11 is 0. The molecule has 0 unspecified atom stereocenters. The van der Waals surface area contributed by atoms with Gasteiger partial charge in [-0.05, 0) is 30.5 Å². The Morgan fingerprint density at radius 1 is 1.32 bits per heavy atom. The molecule has 0 radical (unpaired) electrons. The predicted molar refractivity (Wildman–Crippen MR) is 66.5 cm³/mol. The van der Waals surface area contributed by atoms with Crippen molar-refractivity contribution in [3.63, 3.8) is 0 Å². The highest BCUT2D eigenvalue weighted by molar-refractivity contribution is 6.03. The molecule has 1 aliphatic carbocycles. The minimum atomic E-state index is -1.02. The van der Waals surface area contributed by atoms with Gasteiger partial charge in [0.1, 0.15) is 11.2 Å². The molecule has 2 rings (SSSR count). The summed E-state index contributed by atoms with van der Waals surface area (Å²) < 4.78 is 17.4. The molecule has 19 heavy (non-hydrogen) atoms. The largest absolute Gasteiger partial charge is 0.468 e. The fraction of sp³-hybridized carbons (Fsp3) is 0.429. The zero-order chi connectivity index (χ0) is 13.9. The number of esters is 1. The van der Waals surface area contributed by atoms with Crippen LogP contribution in [0.15, 0.2) is 24.3 Å². The maximum atomic E-state index is 12.7. The number of benzene rings is 1. The van der Waals surface area contributed by atoms with Gasteiger partial charge in [-0.15, -0.1) is 0 Å². The molecule has 1 aliphatic rings. The normalized spacial score (nSPS) is 16.3. The Morgan fingerprint density at radius 2 is 1.95 bits per heavy atom. The average molecular weight is 265 g/mol. The number of methoxy groups -OCH3 is 1. The van der Waals surface area contributed by atoms with Gasteiger partial charge in [-0.1, -0.05) is 18.6 Å². The van der Waals surface area contributed by atoms with Gasteiger partial charge >= 0.3 is 5.97 Å². The molecule has 0 atom stereocenters. The summed E-state index contributed by atoms with van der Waals surface area (Å²) in [6.45, 7) is 0.276. The first kappa shape index (κ1) is 13.5. The van der Waals surface area contributed by atoms with E-state index in [0.29, 0.717) is 12.8 Å². The maximum absolute atomic E-state index is 12.7. The second-order valence-electron chi connectivity index (χ2n) is 4.74. The Bertz CT molecular complexity index is 480. The van der Waals surface area contributed by atoms with E-state index in [1.165, 1.54) is 19.2 Å². The quantitative estimate of drug-likeness (QED) is 0.667. The number of rotatable bonds is 4. The lowest BCUT2D eigenvalue weighted by Crippen LogP contribution is -2.51. The van der Waals surface area contributed by atoms with Crippen LogP contribution in [0.25, 0.3) is 0 Å². The average Bonchev–Trinajstić information content (AvgIpc) is 2.36. The van der Waals surface area contributed by atoms with E-state index < -0.39 is 11.4 Å². The standard InChI is InChI=1S/C14H16FNO3/c1-19-13(18)14(7-2-8-14)12(17)16-9-10-3-5-11(15)6-4-10/h3-6H,2,7-9H2,1H3,(H,16,17). The third kappa shape index (κ3) is 2.59. The fourth-order valence-corrected chi connectivity index (χ4v) is 2.20. The van der Waals surface area contributed by atoms with Crippen LogP contribution in [0.3, 0.4) is 0 Å². The highest BCUT2D eigenvalue weighted by Gasteiger charge is 2.51. The molecule has 1 aromatic rings. The summed E-state index contributed by atoms with van der Waals surface area (Å²) in [4.78, 5) is 23.8. The first-order valence-electron chi connectivity index (χ1n) is 6.20. The molecule has 0 spiro atoms.